The molecule has 0 bridgehead atoms. The van der Waals surface area contributed by atoms with Gasteiger partial charge in [0.15, 0.2) is 5.78 Å². The molecular formula is C17H12F3NO2. The lowest BCUT2D eigenvalue weighted by molar-refractivity contribution is -0.140. The number of aromatic nitrogens is 1. The van der Waals surface area contributed by atoms with Crippen molar-refractivity contribution in [1.29, 1.82) is 0 Å². The zero-order chi connectivity index (χ0) is 16.6. The van der Waals surface area contributed by atoms with Crippen molar-refractivity contribution in [3.8, 4) is 5.75 Å². The van der Waals surface area contributed by atoms with Crippen LogP contribution in [0.4, 0.5) is 13.2 Å². The van der Waals surface area contributed by atoms with Gasteiger partial charge in [-0.1, -0.05) is 18.2 Å². The molecule has 1 heterocycles. The zero-order valence-corrected chi connectivity index (χ0v) is 12.1. The summed E-state index contributed by atoms with van der Waals surface area (Å²) in [7, 11) is 1.47. The van der Waals surface area contributed by atoms with E-state index in [1.165, 1.54) is 43.5 Å². The molecule has 3 rings (SSSR count). The molecule has 1 aromatic heterocycles. The van der Waals surface area contributed by atoms with Crippen LogP contribution in [0.3, 0.4) is 0 Å². The number of alkyl halides is 3. The Bertz CT molecular complexity index is 864. The molecule has 118 valence electrons. The predicted octanol–water partition coefficient (Wildman–Crippen LogP) is 4.43. The van der Waals surface area contributed by atoms with Crippen molar-refractivity contribution in [3.63, 3.8) is 0 Å². The third kappa shape index (κ3) is 2.67. The Morgan fingerprint density at radius 3 is 2.30 bits per heavy atom. The number of hydrogen-bond acceptors (Lipinski definition) is 2. The second-order valence-corrected chi connectivity index (χ2v) is 4.98. The van der Waals surface area contributed by atoms with E-state index in [9.17, 15) is 18.0 Å². The molecule has 0 saturated heterocycles. The second-order valence-electron chi connectivity index (χ2n) is 4.98. The minimum Gasteiger partial charge on any atom is -0.497 e. The molecule has 2 aromatic carbocycles. The summed E-state index contributed by atoms with van der Waals surface area (Å²) >= 11 is 0. The molecule has 0 aliphatic carbocycles. The number of para-hydroxylation sites is 1. The standard InChI is InChI=1S/C17H12F3NO2/c1-23-11-8-6-10(7-9-11)15(22)14-12-4-2-3-5-13(12)21-16(14)17(18,19)20/h2-9,21H,1H3. The number of hydrogen-bond donors (Lipinski definition) is 1. The Kier molecular flexibility index (Phi) is 3.60. The largest absolute Gasteiger partial charge is 0.497 e. The van der Waals surface area contributed by atoms with Gasteiger partial charge in [0.05, 0.1) is 12.7 Å². The Labute approximate surface area is 129 Å². The highest BCUT2D eigenvalue weighted by Crippen LogP contribution is 2.36. The average Bonchev–Trinajstić information content (AvgIpc) is 2.94. The van der Waals surface area contributed by atoms with E-state index in [0.717, 1.165) is 0 Å². The maximum atomic E-state index is 13.3. The van der Waals surface area contributed by atoms with Crippen molar-refractivity contribution in [2.45, 2.75) is 6.18 Å². The first kappa shape index (κ1) is 15.1. The summed E-state index contributed by atoms with van der Waals surface area (Å²) in [4.78, 5) is 14.9. The zero-order valence-electron chi connectivity index (χ0n) is 12.1. The summed E-state index contributed by atoms with van der Waals surface area (Å²) in [5.41, 5.74) is -0.949. The molecule has 3 nitrogen and oxygen atoms in total. The maximum Gasteiger partial charge on any atom is 0.432 e. The van der Waals surface area contributed by atoms with E-state index in [1.807, 2.05) is 0 Å². The van der Waals surface area contributed by atoms with Gasteiger partial charge in [0.25, 0.3) is 0 Å². The molecule has 0 amide bonds. The molecule has 0 unspecified atom stereocenters. The third-order valence-corrected chi connectivity index (χ3v) is 3.57. The number of fused-ring (bicyclic) bond motifs is 1. The molecule has 0 aliphatic heterocycles. The van der Waals surface area contributed by atoms with Crippen LogP contribution in [-0.2, 0) is 6.18 Å². The molecule has 1 N–H and O–H groups in total. The molecule has 23 heavy (non-hydrogen) atoms. The Morgan fingerprint density at radius 1 is 1.04 bits per heavy atom. The van der Waals surface area contributed by atoms with Crippen molar-refractivity contribution < 1.29 is 22.7 Å². The van der Waals surface area contributed by atoms with E-state index in [-0.39, 0.29) is 22.0 Å². The van der Waals surface area contributed by atoms with E-state index in [2.05, 4.69) is 4.98 Å². The highest BCUT2D eigenvalue weighted by molar-refractivity contribution is 6.17. The van der Waals surface area contributed by atoms with Crippen LogP contribution in [0.1, 0.15) is 21.6 Å². The van der Waals surface area contributed by atoms with Crippen molar-refractivity contribution in [1.82, 2.24) is 4.98 Å². The number of halogens is 3. The number of ether oxygens (including phenoxy) is 1. The number of aromatic amines is 1. The first-order valence-electron chi connectivity index (χ1n) is 6.78. The van der Waals surface area contributed by atoms with Crippen LogP contribution in [0, 0.1) is 0 Å². The summed E-state index contributed by atoms with van der Waals surface area (Å²) in [6.45, 7) is 0. The fourth-order valence-corrected chi connectivity index (χ4v) is 2.48. The van der Waals surface area contributed by atoms with Crippen LogP contribution in [0.15, 0.2) is 48.5 Å². The molecule has 0 radical (unpaired) electrons. The van der Waals surface area contributed by atoms with Gasteiger partial charge in [-0.15, -0.1) is 0 Å². The SMILES string of the molecule is COc1ccc(C(=O)c2c(C(F)(F)F)[nH]c3ccccc23)cc1. The fraction of sp³-hybridized carbons (Fsp3) is 0.118. The normalized spacial score (nSPS) is 11.7. The smallest absolute Gasteiger partial charge is 0.432 e. The fourth-order valence-electron chi connectivity index (χ4n) is 2.48. The number of H-pyrrole nitrogens is 1. The Morgan fingerprint density at radius 2 is 1.70 bits per heavy atom. The number of nitrogens with one attached hydrogen (secondary N) is 1. The summed E-state index contributed by atoms with van der Waals surface area (Å²) in [5, 5.41) is 0.251. The number of ketones is 1. The van der Waals surface area contributed by atoms with Crippen LogP contribution in [0.25, 0.3) is 10.9 Å². The molecule has 0 saturated carbocycles. The minimum atomic E-state index is -4.64. The van der Waals surface area contributed by atoms with Gasteiger partial charge in [0, 0.05) is 16.5 Å². The molecule has 3 aromatic rings. The van der Waals surface area contributed by atoms with Crippen LogP contribution in [0.2, 0.25) is 0 Å². The topological polar surface area (TPSA) is 42.1 Å². The van der Waals surface area contributed by atoms with E-state index < -0.39 is 17.7 Å². The first-order valence-corrected chi connectivity index (χ1v) is 6.78. The quantitative estimate of drug-likeness (QED) is 0.726. The molecule has 6 heteroatoms. The molecule has 0 atom stereocenters. The van der Waals surface area contributed by atoms with E-state index >= 15 is 0 Å². The number of methoxy groups -OCH3 is 1. The van der Waals surface area contributed by atoms with E-state index in [1.54, 1.807) is 12.1 Å². The van der Waals surface area contributed by atoms with Crippen molar-refractivity contribution in [2.24, 2.45) is 0 Å². The third-order valence-electron chi connectivity index (χ3n) is 3.57. The first-order chi connectivity index (χ1) is 10.9. The van der Waals surface area contributed by atoms with Gasteiger partial charge in [-0.3, -0.25) is 4.79 Å². The summed E-state index contributed by atoms with van der Waals surface area (Å²) in [6, 6.07) is 12.2. The average molecular weight is 319 g/mol. The summed E-state index contributed by atoms with van der Waals surface area (Å²) in [6.07, 6.45) is -4.64. The van der Waals surface area contributed by atoms with Gasteiger partial charge in [0.1, 0.15) is 11.4 Å². The number of benzene rings is 2. The van der Waals surface area contributed by atoms with Crippen LogP contribution < -0.4 is 4.74 Å². The molecular weight excluding hydrogens is 307 g/mol. The number of carbonyl (C=O) groups is 1. The van der Waals surface area contributed by atoms with Gasteiger partial charge in [-0.05, 0) is 30.3 Å². The lowest BCUT2D eigenvalue weighted by Crippen LogP contribution is -2.13. The van der Waals surface area contributed by atoms with E-state index in [4.69, 9.17) is 4.74 Å². The maximum absolute atomic E-state index is 13.3. The highest BCUT2D eigenvalue weighted by Gasteiger charge is 2.38. The lowest BCUT2D eigenvalue weighted by Gasteiger charge is -2.08. The van der Waals surface area contributed by atoms with Gasteiger partial charge in [0.2, 0.25) is 0 Å². The van der Waals surface area contributed by atoms with Crippen LogP contribution in [-0.4, -0.2) is 17.9 Å². The van der Waals surface area contributed by atoms with Gasteiger partial charge in [-0.2, -0.15) is 13.2 Å². The van der Waals surface area contributed by atoms with Gasteiger partial charge >= 0.3 is 6.18 Å². The van der Waals surface area contributed by atoms with Crippen LogP contribution >= 0.6 is 0 Å². The monoisotopic (exact) mass is 319 g/mol. The minimum absolute atomic E-state index is 0.168. The summed E-state index contributed by atoms with van der Waals surface area (Å²) < 4.78 is 44.8. The Hall–Kier alpha value is -2.76. The highest BCUT2D eigenvalue weighted by atomic mass is 19.4. The van der Waals surface area contributed by atoms with Gasteiger partial charge in [-0.25, -0.2) is 0 Å². The van der Waals surface area contributed by atoms with Crippen LogP contribution in [0.5, 0.6) is 5.75 Å². The van der Waals surface area contributed by atoms with Crippen molar-refractivity contribution in [2.75, 3.05) is 7.11 Å². The van der Waals surface area contributed by atoms with E-state index in [0.29, 0.717) is 5.75 Å². The number of carbonyl (C=O) groups excluding carboxylic acids is 1. The molecule has 0 fully saturated rings. The number of rotatable bonds is 3. The van der Waals surface area contributed by atoms with Crippen molar-refractivity contribution in [3.05, 3.63) is 65.4 Å². The molecule has 0 aliphatic rings. The summed E-state index contributed by atoms with van der Waals surface area (Å²) in [5.74, 6) is -0.158. The predicted molar refractivity (Wildman–Crippen MR) is 79.7 cm³/mol. The van der Waals surface area contributed by atoms with Gasteiger partial charge < -0.3 is 9.72 Å². The lowest BCUT2D eigenvalue weighted by atomic mass is 10.00. The second kappa shape index (κ2) is 5.46. The Balaban J connectivity index is 2.18. The van der Waals surface area contributed by atoms with Crippen molar-refractivity contribution >= 4 is 16.7 Å². The molecule has 0 spiro atoms.